The first-order valence-corrected chi connectivity index (χ1v) is 9.47. The van der Waals surface area contributed by atoms with Crippen molar-refractivity contribution in [1.29, 1.82) is 0 Å². The molecule has 4 rings (SSSR count). The molecule has 6 nitrogen and oxygen atoms in total. The average molecular weight is 398 g/mol. The lowest BCUT2D eigenvalue weighted by Gasteiger charge is -2.03. The molecule has 0 fully saturated rings. The first kappa shape index (κ1) is 20.0. The van der Waals surface area contributed by atoms with E-state index >= 15 is 0 Å². The third-order valence-corrected chi connectivity index (χ3v) is 4.93. The minimum atomic E-state index is -1.50. The van der Waals surface area contributed by atoms with E-state index in [-0.39, 0.29) is 0 Å². The molecule has 0 bridgehead atoms. The van der Waals surface area contributed by atoms with Crippen LogP contribution in [-0.2, 0) is 0 Å². The van der Waals surface area contributed by atoms with Gasteiger partial charge in [-0.25, -0.2) is 0 Å². The minimum Gasteiger partial charge on any atom is -0.423 e. The zero-order valence-electron chi connectivity index (χ0n) is 16.1. The molecule has 146 valence electrons. The zero-order valence-corrected chi connectivity index (χ0v) is 16.1. The fourth-order valence-corrected chi connectivity index (χ4v) is 3.27. The third-order valence-electron chi connectivity index (χ3n) is 4.93. The van der Waals surface area contributed by atoms with Crippen LogP contribution < -0.4 is 20.1 Å². The lowest BCUT2D eigenvalue weighted by Crippen LogP contribution is -2.35. The first-order valence-electron chi connectivity index (χ1n) is 9.47. The number of benzene rings is 2. The summed E-state index contributed by atoms with van der Waals surface area (Å²) in [4.78, 5) is 0. The lowest BCUT2D eigenvalue weighted by atomic mass is 9.80. The molecule has 0 aliphatic rings. The van der Waals surface area contributed by atoms with Crippen molar-refractivity contribution in [3.63, 3.8) is 0 Å². The van der Waals surface area contributed by atoms with E-state index in [1.807, 2.05) is 70.3 Å². The Labute approximate surface area is 174 Å². The number of hydrogen-bond acceptors (Lipinski definition) is 4. The van der Waals surface area contributed by atoms with Gasteiger partial charge in [0.25, 0.3) is 0 Å². The van der Waals surface area contributed by atoms with Crippen LogP contribution in [0.1, 0.15) is 0 Å². The Morgan fingerprint density at radius 3 is 1.20 bits per heavy atom. The van der Waals surface area contributed by atoms with Crippen molar-refractivity contribution in [2.24, 2.45) is 0 Å². The van der Waals surface area contributed by atoms with Crippen molar-refractivity contribution in [3.05, 3.63) is 97.6 Å². The maximum Gasteiger partial charge on any atom is 0.488 e. The fourth-order valence-electron chi connectivity index (χ4n) is 3.27. The summed E-state index contributed by atoms with van der Waals surface area (Å²) >= 11 is 0. The molecule has 0 radical (unpaired) electrons. The summed E-state index contributed by atoms with van der Waals surface area (Å²) in [6.07, 6.45) is 7.69. The molecule has 2 aromatic heterocycles. The van der Waals surface area contributed by atoms with Crippen LogP contribution >= 0.6 is 0 Å². The summed E-state index contributed by atoms with van der Waals surface area (Å²) in [7, 11) is -3.00. The van der Waals surface area contributed by atoms with Crippen LogP contribution in [0, 0.1) is 0 Å². The van der Waals surface area contributed by atoms with Gasteiger partial charge in [-0.05, 0) is 22.1 Å². The normalized spacial score (nSPS) is 10.7. The van der Waals surface area contributed by atoms with E-state index in [1.54, 1.807) is 36.4 Å². The molecule has 0 aliphatic heterocycles. The molecule has 4 aromatic rings. The lowest BCUT2D eigenvalue weighted by molar-refractivity contribution is -0.596. The highest BCUT2D eigenvalue weighted by atomic mass is 16.4. The highest BCUT2D eigenvalue weighted by Crippen LogP contribution is 2.16. The van der Waals surface area contributed by atoms with Gasteiger partial charge in [-0.15, -0.1) is 0 Å². The van der Waals surface area contributed by atoms with Crippen molar-refractivity contribution in [2.75, 3.05) is 0 Å². The van der Waals surface area contributed by atoms with Gasteiger partial charge < -0.3 is 20.1 Å². The largest absolute Gasteiger partial charge is 0.488 e. The van der Waals surface area contributed by atoms with Crippen molar-refractivity contribution in [2.45, 2.75) is 0 Å². The Hall–Kier alpha value is -3.29. The summed E-state index contributed by atoms with van der Waals surface area (Å²) in [6.45, 7) is 0. The molecule has 0 saturated carbocycles. The summed E-state index contributed by atoms with van der Waals surface area (Å²) in [6, 6.07) is 22.1. The van der Waals surface area contributed by atoms with Gasteiger partial charge in [-0.2, -0.15) is 9.13 Å². The van der Waals surface area contributed by atoms with Gasteiger partial charge >= 0.3 is 14.2 Å². The number of hydrogen-bond donors (Lipinski definition) is 4. The summed E-state index contributed by atoms with van der Waals surface area (Å²) < 4.78 is 3.81. The smallest absolute Gasteiger partial charge is 0.423 e. The van der Waals surface area contributed by atoms with E-state index in [0.717, 1.165) is 22.5 Å². The van der Waals surface area contributed by atoms with Crippen molar-refractivity contribution >= 4 is 25.2 Å². The molecule has 0 aliphatic carbocycles. The molecule has 30 heavy (non-hydrogen) atoms. The average Bonchev–Trinajstić information content (AvgIpc) is 2.79. The Balaban J connectivity index is 1.57. The number of aromatic nitrogens is 2. The van der Waals surface area contributed by atoms with Crippen LogP contribution in [0.5, 0.6) is 0 Å². The van der Waals surface area contributed by atoms with Gasteiger partial charge in [0.1, 0.15) is 0 Å². The van der Waals surface area contributed by atoms with E-state index in [1.165, 1.54) is 0 Å². The van der Waals surface area contributed by atoms with Crippen LogP contribution in [0.25, 0.3) is 22.5 Å². The van der Waals surface area contributed by atoms with Gasteiger partial charge in [0.15, 0.2) is 24.8 Å². The quantitative estimate of drug-likeness (QED) is 0.264. The van der Waals surface area contributed by atoms with Crippen LogP contribution in [0.3, 0.4) is 0 Å². The van der Waals surface area contributed by atoms with Crippen LogP contribution in [0.4, 0.5) is 0 Å². The molecule has 2 aromatic carbocycles. The number of rotatable bonds is 5. The second-order valence-corrected chi connectivity index (χ2v) is 6.93. The fraction of sp³-hybridized carbons (Fsp3) is 0. The standard InChI is InChI=1S/C22H20B2N2O4/c27-23(28)19-3-1-5-21(15-19)25-11-7-17(8-12-25)18-9-13-26(14-10-18)22-6-2-4-20(16-22)24(29)30/h1-16,27-30H/q+2. The highest BCUT2D eigenvalue weighted by molar-refractivity contribution is 6.59. The predicted octanol–water partition coefficient (Wildman–Crippen LogP) is -0.733. The van der Waals surface area contributed by atoms with Crippen molar-refractivity contribution in [3.8, 4) is 22.5 Å². The summed E-state index contributed by atoms with van der Waals surface area (Å²) in [5.74, 6) is 0. The maximum absolute atomic E-state index is 9.35. The molecule has 0 amide bonds. The van der Waals surface area contributed by atoms with Gasteiger partial charge in [0.2, 0.25) is 11.4 Å². The molecule has 4 N–H and O–H groups in total. The second kappa shape index (κ2) is 8.61. The molecule has 2 heterocycles. The third kappa shape index (κ3) is 4.32. The Morgan fingerprint density at radius 2 is 0.867 bits per heavy atom. The first-order chi connectivity index (χ1) is 14.5. The summed E-state index contributed by atoms with van der Waals surface area (Å²) in [5.41, 5.74) is 4.63. The SMILES string of the molecule is OB(O)c1cccc(-[n+]2ccc(-c3cc[n+](-c4cccc(B(O)O)c4)cc3)cc2)c1. The maximum atomic E-state index is 9.35. The zero-order chi connectivity index (χ0) is 21.1. The van der Waals surface area contributed by atoms with E-state index < -0.39 is 14.2 Å². The van der Waals surface area contributed by atoms with E-state index in [4.69, 9.17) is 0 Å². The Morgan fingerprint density at radius 1 is 0.500 bits per heavy atom. The van der Waals surface area contributed by atoms with Crippen LogP contribution in [0.15, 0.2) is 97.6 Å². The molecule has 0 unspecified atom stereocenters. The molecule has 0 saturated heterocycles. The number of pyridine rings is 2. The summed E-state index contributed by atoms with van der Waals surface area (Å²) in [5, 5.41) is 37.4. The van der Waals surface area contributed by atoms with E-state index in [9.17, 15) is 20.1 Å². The molecule has 0 atom stereocenters. The molecular weight excluding hydrogens is 378 g/mol. The molecule has 0 spiro atoms. The predicted molar refractivity (Wildman–Crippen MR) is 115 cm³/mol. The van der Waals surface area contributed by atoms with Crippen molar-refractivity contribution < 1.29 is 29.2 Å². The topological polar surface area (TPSA) is 88.7 Å². The molecule has 8 heteroatoms. The van der Waals surface area contributed by atoms with Crippen LogP contribution in [0.2, 0.25) is 0 Å². The van der Waals surface area contributed by atoms with Crippen LogP contribution in [-0.4, -0.2) is 34.3 Å². The monoisotopic (exact) mass is 398 g/mol. The Bertz CT molecular complexity index is 1060. The molecular formula is C22H20B2N2O4+2. The highest BCUT2D eigenvalue weighted by Gasteiger charge is 2.16. The second-order valence-electron chi connectivity index (χ2n) is 6.93. The van der Waals surface area contributed by atoms with Gasteiger partial charge in [0, 0.05) is 48.5 Å². The van der Waals surface area contributed by atoms with Gasteiger partial charge in [0.05, 0.1) is 0 Å². The van der Waals surface area contributed by atoms with E-state index in [2.05, 4.69) is 0 Å². The van der Waals surface area contributed by atoms with E-state index in [0.29, 0.717) is 10.9 Å². The number of nitrogens with zero attached hydrogens (tertiary/aromatic N) is 2. The van der Waals surface area contributed by atoms with Gasteiger partial charge in [-0.1, -0.05) is 24.3 Å². The van der Waals surface area contributed by atoms with Gasteiger partial charge in [-0.3, -0.25) is 0 Å². The minimum absolute atomic E-state index is 0.439. The van der Waals surface area contributed by atoms with Crippen molar-refractivity contribution in [1.82, 2.24) is 0 Å². The Kier molecular flexibility index (Phi) is 5.74.